The molecule has 0 aliphatic rings. The maximum absolute atomic E-state index is 11.9. The van der Waals surface area contributed by atoms with Gasteiger partial charge in [0.1, 0.15) is 11.5 Å². The van der Waals surface area contributed by atoms with Crippen molar-refractivity contribution >= 4 is 11.7 Å². The maximum atomic E-state index is 11.9. The van der Waals surface area contributed by atoms with E-state index in [0.29, 0.717) is 5.56 Å². The average molecular weight is 285 g/mol. The second-order valence-corrected chi connectivity index (χ2v) is 3.89. The summed E-state index contributed by atoms with van der Waals surface area (Å²) in [5, 5.41) is 2.46. The van der Waals surface area contributed by atoms with Crippen LogP contribution < -0.4 is 22.3 Å². The Morgan fingerprint density at radius 3 is 2.86 bits per heavy atom. The number of pyridine rings is 1. The summed E-state index contributed by atoms with van der Waals surface area (Å²) in [7, 11) is 0. The van der Waals surface area contributed by atoms with Crippen molar-refractivity contribution in [2.24, 2.45) is 5.73 Å². The van der Waals surface area contributed by atoms with Crippen molar-refractivity contribution in [3.8, 4) is 11.8 Å². The highest BCUT2D eigenvalue weighted by atomic mass is 16.2. The van der Waals surface area contributed by atoms with E-state index in [1.807, 2.05) is 4.98 Å². The van der Waals surface area contributed by atoms with E-state index in [0.717, 1.165) is 6.07 Å². The van der Waals surface area contributed by atoms with Crippen LogP contribution in [0.25, 0.3) is 0 Å². The van der Waals surface area contributed by atoms with Gasteiger partial charge in [-0.15, -0.1) is 0 Å². The molecular weight excluding hydrogens is 274 g/mol. The van der Waals surface area contributed by atoms with E-state index in [2.05, 4.69) is 27.1 Å². The molecule has 2 heterocycles. The molecular formula is C13H11N5O3. The molecule has 0 saturated heterocycles. The molecule has 2 rings (SSSR count). The lowest BCUT2D eigenvalue weighted by Gasteiger charge is -2.04. The molecule has 8 nitrogen and oxygen atoms in total. The quantitative estimate of drug-likeness (QED) is 0.526. The highest BCUT2D eigenvalue weighted by Crippen LogP contribution is 2.06. The van der Waals surface area contributed by atoms with Crippen LogP contribution in [0.4, 0.5) is 5.82 Å². The zero-order chi connectivity index (χ0) is 15.2. The molecule has 5 N–H and O–H groups in total. The molecule has 1 amide bonds. The van der Waals surface area contributed by atoms with E-state index in [1.54, 1.807) is 12.1 Å². The Morgan fingerprint density at radius 1 is 1.33 bits per heavy atom. The molecule has 106 valence electrons. The van der Waals surface area contributed by atoms with Gasteiger partial charge in [0.25, 0.3) is 11.5 Å². The van der Waals surface area contributed by atoms with E-state index in [4.69, 9.17) is 5.73 Å². The monoisotopic (exact) mass is 285 g/mol. The zero-order valence-electron chi connectivity index (χ0n) is 10.8. The standard InChI is InChI=1S/C13H11N5O3/c14-4-1-2-8-3-5-15-10(6-8)17-12(20)9-7-11(19)18-13(21)16-9/h3,5-7H,4,14H2,(H,15,17,20)(H2,16,18,19,21). The van der Waals surface area contributed by atoms with Crippen molar-refractivity contribution in [2.75, 3.05) is 11.9 Å². The molecule has 8 heteroatoms. The van der Waals surface area contributed by atoms with Gasteiger partial charge in [0, 0.05) is 17.8 Å². The lowest BCUT2D eigenvalue weighted by atomic mass is 10.2. The molecule has 0 atom stereocenters. The number of nitrogens with zero attached hydrogens (tertiary/aromatic N) is 1. The number of aromatic amines is 2. The van der Waals surface area contributed by atoms with Gasteiger partial charge in [0.05, 0.1) is 6.54 Å². The van der Waals surface area contributed by atoms with Gasteiger partial charge < -0.3 is 16.0 Å². The van der Waals surface area contributed by atoms with Crippen molar-refractivity contribution in [2.45, 2.75) is 0 Å². The largest absolute Gasteiger partial charge is 0.326 e. The fourth-order valence-electron chi connectivity index (χ4n) is 1.50. The number of hydrogen-bond donors (Lipinski definition) is 4. The van der Waals surface area contributed by atoms with Gasteiger partial charge in [0.15, 0.2) is 0 Å². The lowest BCUT2D eigenvalue weighted by molar-refractivity contribution is 0.102. The summed E-state index contributed by atoms with van der Waals surface area (Å²) >= 11 is 0. The Balaban J connectivity index is 2.23. The molecule has 0 aliphatic heterocycles. The summed E-state index contributed by atoms with van der Waals surface area (Å²) in [4.78, 5) is 42.3. The number of aromatic nitrogens is 3. The average Bonchev–Trinajstić information content (AvgIpc) is 2.44. The van der Waals surface area contributed by atoms with Crippen LogP contribution in [-0.4, -0.2) is 27.4 Å². The summed E-state index contributed by atoms with van der Waals surface area (Å²) in [5.41, 5.74) is 4.31. The lowest BCUT2D eigenvalue weighted by Crippen LogP contribution is -2.27. The summed E-state index contributed by atoms with van der Waals surface area (Å²) in [6, 6.07) is 4.19. The summed E-state index contributed by atoms with van der Waals surface area (Å²) in [5.74, 6) is 5.06. The second kappa shape index (κ2) is 6.31. The van der Waals surface area contributed by atoms with Gasteiger partial charge in [-0.1, -0.05) is 11.8 Å². The predicted molar refractivity (Wildman–Crippen MR) is 75.8 cm³/mol. The topological polar surface area (TPSA) is 134 Å². The van der Waals surface area contributed by atoms with Crippen LogP contribution in [0, 0.1) is 11.8 Å². The van der Waals surface area contributed by atoms with Gasteiger partial charge in [0.2, 0.25) is 0 Å². The zero-order valence-corrected chi connectivity index (χ0v) is 10.8. The third-order valence-electron chi connectivity index (χ3n) is 2.34. The van der Waals surface area contributed by atoms with E-state index < -0.39 is 17.2 Å². The maximum Gasteiger partial charge on any atom is 0.326 e. The molecule has 0 spiro atoms. The fourth-order valence-corrected chi connectivity index (χ4v) is 1.50. The minimum atomic E-state index is -0.761. The highest BCUT2D eigenvalue weighted by Gasteiger charge is 2.09. The minimum Gasteiger partial charge on any atom is -0.320 e. The normalized spacial score (nSPS) is 9.57. The van der Waals surface area contributed by atoms with Crippen LogP contribution in [0.2, 0.25) is 0 Å². The Bertz CT molecular complexity index is 813. The summed E-state index contributed by atoms with van der Waals surface area (Å²) in [6.07, 6.45) is 1.47. The Morgan fingerprint density at radius 2 is 2.14 bits per heavy atom. The number of hydrogen-bond acceptors (Lipinski definition) is 5. The third kappa shape index (κ3) is 3.89. The van der Waals surface area contributed by atoms with Gasteiger partial charge in [-0.25, -0.2) is 9.78 Å². The Kier molecular flexibility index (Phi) is 4.28. The van der Waals surface area contributed by atoms with Crippen LogP contribution >= 0.6 is 0 Å². The van der Waals surface area contributed by atoms with Gasteiger partial charge >= 0.3 is 5.69 Å². The number of amides is 1. The van der Waals surface area contributed by atoms with E-state index >= 15 is 0 Å². The number of rotatable bonds is 2. The third-order valence-corrected chi connectivity index (χ3v) is 2.34. The Hall–Kier alpha value is -3.18. The van der Waals surface area contributed by atoms with Crippen LogP contribution in [0.5, 0.6) is 0 Å². The fraction of sp³-hybridized carbons (Fsp3) is 0.0769. The van der Waals surface area contributed by atoms with Crippen LogP contribution in [0.1, 0.15) is 16.1 Å². The van der Waals surface area contributed by atoms with Gasteiger partial charge in [-0.3, -0.25) is 14.6 Å². The highest BCUT2D eigenvalue weighted by molar-refractivity contribution is 6.02. The first-order valence-corrected chi connectivity index (χ1v) is 5.88. The Labute approximate surface area is 118 Å². The predicted octanol–water partition coefficient (Wildman–Crippen LogP) is -0.979. The van der Waals surface area contributed by atoms with Crippen molar-refractivity contribution < 1.29 is 4.79 Å². The van der Waals surface area contributed by atoms with E-state index in [9.17, 15) is 14.4 Å². The molecule has 0 aromatic carbocycles. The molecule has 0 aliphatic carbocycles. The first kappa shape index (κ1) is 14.2. The molecule has 21 heavy (non-hydrogen) atoms. The first-order chi connectivity index (χ1) is 10.1. The molecule has 0 radical (unpaired) electrons. The molecule has 0 unspecified atom stereocenters. The molecule has 0 saturated carbocycles. The number of nitrogens with one attached hydrogen (secondary N) is 3. The van der Waals surface area contributed by atoms with Crippen molar-refractivity contribution in [1.29, 1.82) is 0 Å². The van der Waals surface area contributed by atoms with Crippen LogP contribution in [0.15, 0.2) is 34.0 Å². The minimum absolute atomic E-state index is 0.163. The van der Waals surface area contributed by atoms with Gasteiger partial charge in [-0.05, 0) is 12.1 Å². The smallest absolute Gasteiger partial charge is 0.320 e. The summed E-state index contributed by atoms with van der Waals surface area (Å²) in [6.45, 7) is 0.220. The molecule has 0 bridgehead atoms. The summed E-state index contributed by atoms with van der Waals surface area (Å²) < 4.78 is 0. The number of carbonyl (C=O) groups is 1. The van der Waals surface area contributed by atoms with Crippen molar-refractivity contribution in [1.82, 2.24) is 15.0 Å². The number of H-pyrrole nitrogens is 2. The first-order valence-electron chi connectivity index (χ1n) is 5.88. The van der Waals surface area contributed by atoms with E-state index in [1.165, 1.54) is 6.20 Å². The SMILES string of the molecule is NCC#Cc1ccnc(NC(=O)c2cc(=O)[nH]c(=O)[nH]2)c1. The van der Waals surface area contributed by atoms with E-state index in [-0.39, 0.29) is 18.1 Å². The molecule has 2 aromatic rings. The number of anilines is 1. The van der Waals surface area contributed by atoms with Crippen molar-refractivity contribution in [3.05, 3.63) is 56.5 Å². The number of nitrogens with two attached hydrogens (primary N) is 1. The van der Waals surface area contributed by atoms with Crippen LogP contribution in [-0.2, 0) is 0 Å². The van der Waals surface area contributed by atoms with Crippen molar-refractivity contribution in [3.63, 3.8) is 0 Å². The number of carbonyl (C=O) groups excluding carboxylic acids is 1. The molecule has 0 fully saturated rings. The van der Waals surface area contributed by atoms with Crippen LogP contribution in [0.3, 0.4) is 0 Å². The molecule has 2 aromatic heterocycles. The second-order valence-electron chi connectivity index (χ2n) is 3.89. The van der Waals surface area contributed by atoms with Gasteiger partial charge in [-0.2, -0.15) is 0 Å².